The molecule has 4 heteroatoms. The number of aldehydes is 1. The van der Waals surface area contributed by atoms with Crippen molar-refractivity contribution in [2.45, 2.75) is 19.4 Å². The zero-order valence-corrected chi connectivity index (χ0v) is 11.4. The molecule has 1 heterocycles. The normalized spacial score (nSPS) is 17.4. The molecule has 0 amide bonds. The van der Waals surface area contributed by atoms with E-state index in [1.807, 2.05) is 24.3 Å². The summed E-state index contributed by atoms with van der Waals surface area (Å²) in [5.41, 5.74) is 2.10. The molecule has 20 heavy (non-hydrogen) atoms. The van der Waals surface area contributed by atoms with E-state index < -0.39 is 5.97 Å². The highest BCUT2D eigenvalue weighted by atomic mass is 16.4. The second-order valence-electron chi connectivity index (χ2n) is 5.16. The molecule has 0 spiro atoms. The van der Waals surface area contributed by atoms with Crippen molar-refractivity contribution in [3.63, 3.8) is 0 Å². The average molecular weight is 273 g/mol. The Hall–Kier alpha value is -1.94. The second kappa shape index (κ2) is 7.01. The van der Waals surface area contributed by atoms with Gasteiger partial charge in [0.2, 0.25) is 0 Å². The molecular formula is C16H19NO3. The number of carbonyl (C=O) groups excluding carboxylic acids is 1. The number of likely N-dealkylation sites (tertiary alicyclic amines) is 1. The molecule has 1 N–H and O–H groups in total. The maximum Gasteiger partial charge on any atom is 0.328 e. The fourth-order valence-corrected chi connectivity index (χ4v) is 2.41. The maximum absolute atomic E-state index is 10.7. The smallest absolute Gasteiger partial charge is 0.328 e. The molecule has 2 rings (SSSR count). The highest BCUT2D eigenvalue weighted by Crippen LogP contribution is 2.17. The summed E-state index contributed by atoms with van der Waals surface area (Å²) >= 11 is 0. The minimum absolute atomic E-state index is 0.231. The summed E-state index contributed by atoms with van der Waals surface area (Å²) in [7, 11) is 0. The van der Waals surface area contributed by atoms with Gasteiger partial charge in [0, 0.05) is 18.5 Å². The summed E-state index contributed by atoms with van der Waals surface area (Å²) in [6.45, 7) is 2.81. The van der Waals surface area contributed by atoms with Crippen LogP contribution < -0.4 is 0 Å². The number of carboxylic acids is 1. The van der Waals surface area contributed by atoms with Gasteiger partial charge >= 0.3 is 5.97 Å². The van der Waals surface area contributed by atoms with Gasteiger partial charge in [-0.05, 0) is 43.1 Å². The van der Waals surface area contributed by atoms with Gasteiger partial charge < -0.3 is 9.90 Å². The Kier molecular flexibility index (Phi) is 5.07. The van der Waals surface area contributed by atoms with Crippen LogP contribution in [0.4, 0.5) is 0 Å². The fraction of sp³-hybridized carbons (Fsp3) is 0.375. The van der Waals surface area contributed by atoms with Crippen LogP contribution >= 0.6 is 0 Å². The van der Waals surface area contributed by atoms with Crippen molar-refractivity contribution in [3.05, 3.63) is 41.5 Å². The minimum atomic E-state index is -0.938. The number of piperidine rings is 1. The highest BCUT2D eigenvalue weighted by Gasteiger charge is 2.18. The zero-order chi connectivity index (χ0) is 14.4. The molecule has 0 bridgehead atoms. The van der Waals surface area contributed by atoms with Crippen LogP contribution in [0.2, 0.25) is 0 Å². The molecule has 4 nitrogen and oxygen atoms in total. The van der Waals surface area contributed by atoms with Crippen molar-refractivity contribution in [1.29, 1.82) is 0 Å². The lowest BCUT2D eigenvalue weighted by atomic mass is 9.98. The van der Waals surface area contributed by atoms with E-state index in [1.54, 1.807) is 6.08 Å². The molecule has 106 valence electrons. The lowest BCUT2D eigenvalue weighted by Crippen LogP contribution is -2.33. The first-order valence-electron chi connectivity index (χ1n) is 6.85. The first-order valence-corrected chi connectivity index (χ1v) is 6.85. The first-order chi connectivity index (χ1) is 9.67. The SMILES string of the molecule is O=CC1CCN(Cc2ccc(/C=C/C(=O)O)cc2)CC1. The molecule has 1 aromatic carbocycles. The van der Waals surface area contributed by atoms with Gasteiger partial charge in [-0.2, -0.15) is 0 Å². The van der Waals surface area contributed by atoms with Crippen molar-refractivity contribution < 1.29 is 14.7 Å². The Morgan fingerprint density at radius 1 is 1.25 bits per heavy atom. The van der Waals surface area contributed by atoms with Crippen LogP contribution in [0.1, 0.15) is 24.0 Å². The summed E-state index contributed by atoms with van der Waals surface area (Å²) in [6.07, 6.45) is 5.69. The molecule has 1 saturated heterocycles. The van der Waals surface area contributed by atoms with Crippen LogP contribution in [0.5, 0.6) is 0 Å². The van der Waals surface area contributed by atoms with Crippen molar-refractivity contribution in [3.8, 4) is 0 Å². The van der Waals surface area contributed by atoms with Gasteiger partial charge in [-0.1, -0.05) is 24.3 Å². The summed E-state index contributed by atoms with van der Waals surface area (Å²) in [5, 5.41) is 8.57. The number of carboxylic acid groups (broad SMARTS) is 1. The predicted molar refractivity (Wildman–Crippen MR) is 77.2 cm³/mol. The van der Waals surface area contributed by atoms with Crippen molar-refractivity contribution in [2.75, 3.05) is 13.1 Å². The standard InChI is InChI=1S/C16H19NO3/c18-12-15-7-9-17(10-8-15)11-14-3-1-13(2-4-14)5-6-16(19)20/h1-6,12,15H,7-11H2,(H,19,20)/b6-5+. The topological polar surface area (TPSA) is 57.6 Å². The van der Waals surface area contributed by atoms with Crippen LogP contribution in [0.15, 0.2) is 30.3 Å². The summed E-state index contributed by atoms with van der Waals surface area (Å²) in [6, 6.07) is 7.89. The van der Waals surface area contributed by atoms with Gasteiger partial charge in [0.1, 0.15) is 6.29 Å². The predicted octanol–water partition coefficient (Wildman–Crippen LogP) is 2.20. The summed E-state index contributed by atoms with van der Waals surface area (Å²) in [5.74, 6) is -0.707. The number of hydrogen-bond donors (Lipinski definition) is 1. The molecule has 0 unspecified atom stereocenters. The number of carbonyl (C=O) groups is 2. The minimum Gasteiger partial charge on any atom is -0.478 e. The zero-order valence-electron chi connectivity index (χ0n) is 11.4. The van der Waals surface area contributed by atoms with Crippen molar-refractivity contribution in [2.24, 2.45) is 5.92 Å². The third-order valence-corrected chi connectivity index (χ3v) is 3.63. The van der Waals surface area contributed by atoms with Gasteiger partial charge in [-0.15, -0.1) is 0 Å². The van der Waals surface area contributed by atoms with E-state index in [4.69, 9.17) is 5.11 Å². The number of rotatable bonds is 5. The monoisotopic (exact) mass is 273 g/mol. The van der Waals surface area contributed by atoms with E-state index in [1.165, 1.54) is 5.56 Å². The Balaban J connectivity index is 1.88. The first kappa shape index (κ1) is 14.5. The van der Waals surface area contributed by atoms with Crippen LogP contribution in [0.3, 0.4) is 0 Å². The summed E-state index contributed by atoms with van der Waals surface area (Å²) in [4.78, 5) is 23.5. The average Bonchev–Trinajstić information content (AvgIpc) is 2.47. The number of benzene rings is 1. The van der Waals surface area contributed by atoms with E-state index in [2.05, 4.69) is 4.90 Å². The third kappa shape index (κ3) is 4.31. The molecule has 0 aliphatic carbocycles. The van der Waals surface area contributed by atoms with E-state index in [0.29, 0.717) is 0 Å². The van der Waals surface area contributed by atoms with E-state index >= 15 is 0 Å². The molecule has 0 aromatic heterocycles. The van der Waals surface area contributed by atoms with Crippen LogP contribution in [0.25, 0.3) is 6.08 Å². The van der Waals surface area contributed by atoms with Crippen LogP contribution in [-0.4, -0.2) is 35.4 Å². The fourth-order valence-electron chi connectivity index (χ4n) is 2.41. The number of nitrogens with zero attached hydrogens (tertiary/aromatic N) is 1. The lowest BCUT2D eigenvalue weighted by Gasteiger charge is -2.29. The van der Waals surface area contributed by atoms with Gasteiger partial charge in [0.15, 0.2) is 0 Å². The quantitative estimate of drug-likeness (QED) is 0.660. The lowest BCUT2D eigenvalue weighted by molar-refractivity contribution is -0.131. The third-order valence-electron chi connectivity index (χ3n) is 3.63. The molecular weight excluding hydrogens is 254 g/mol. The highest BCUT2D eigenvalue weighted by molar-refractivity contribution is 5.85. The van der Waals surface area contributed by atoms with Crippen molar-refractivity contribution >= 4 is 18.3 Å². The van der Waals surface area contributed by atoms with Crippen LogP contribution in [-0.2, 0) is 16.1 Å². The maximum atomic E-state index is 10.7. The van der Waals surface area contributed by atoms with Crippen LogP contribution in [0, 0.1) is 5.92 Å². The molecule has 1 aromatic rings. The van der Waals surface area contributed by atoms with E-state index in [0.717, 1.165) is 50.4 Å². The molecule has 0 saturated carbocycles. The largest absolute Gasteiger partial charge is 0.478 e. The van der Waals surface area contributed by atoms with E-state index in [-0.39, 0.29) is 5.92 Å². The molecule has 1 aliphatic rings. The van der Waals surface area contributed by atoms with Gasteiger partial charge in [-0.3, -0.25) is 4.90 Å². The Morgan fingerprint density at radius 3 is 2.45 bits per heavy atom. The molecule has 0 atom stereocenters. The molecule has 1 aliphatic heterocycles. The van der Waals surface area contributed by atoms with Gasteiger partial charge in [0.25, 0.3) is 0 Å². The second-order valence-corrected chi connectivity index (χ2v) is 5.16. The Morgan fingerprint density at radius 2 is 1.90 bits per heavy atom. The Labute approximate surface area is 118 Å². The molecule has 1 fully saturated rings. The van der Waals surface area contributed by atoms with Gasteiger partial charge in [0.05, 0.1) is 0 Å². The summed E-state index contributed by atoms with van der Waals surface area (Å²) < 4.78 is 0. The molecule has 0 radical (unpaired) electrons. The number of aliphatic carboxylic acids is 1. The van der Waals surface area contributed by atoms with Gasteiger partial charge in [-0.25, -0.2) is 4.79 Å². The van der Waals surface area contributed by atoms with E-state index in [9.17, 15) is 9.59 Å². The Bertz CT molecular complexity index is 485. The number of hydrogen-bond acceptors (Lipinski definition) is 3. The van der Waals surface area contributed by atoms with Crippen molar-refractivity contribution in [1.82, 2.24) is 4.90 Å².